The van der Waals surface area contributed by atoms with Gasteiger partial charge in [0.1, 0.15) is 0 Å². The Hall–Kier alpha value is -0.740. The van der Waals surface area contributed by atoms with E-state index in [1.807, 2.05) is 0 Å². The molecule has 0 bridgehead atoms. The zero-order valence-electron chi connectivity index (χ0n) is 9.02. The Morgan fingerprint density at radius 3 is 2.35 bits per heavy atom. The fourth-order valence-corrected chi connectivity index (χ4v) is 2.54. The number of benzene rings is 1. The van der Waals surface area contributed by atoms with Crippen molar-refractivity contribution in [1.29, 1.82) is 0 Å². The van der Waals surface area contributed by atoms with Crippen molar-refractivity contribution in [2.75, 3.05) is 6.61 Å². The van der Waals surface area contributed by atoms with Gasteiger partial charge in [-0.15, -0.1) is 0 Å². The van der Waals surface area contributed by atoms with Crippen LogP contribution in [0.5, 0.6) is 0 Å². The molecule has 0 spiro atoms. The fraction of sp³-hybridized carbons (Fsp3) is 0.500. The van der Waals surface area contributed by atoms with E-state index in [0.717, 1.165) is 18.6 Å². The summed E-state index contributed by atoms with van der Waals surface area (Å²) in [5, 5.41) is 9.67. The van der Waals surface area contributed by atoms with Gasteiger partial charge >= 0.3 is 6.18 Å². The number of alkyl halides is 3. The van der Waals surface area contributed by atoms with E-state index in [1.165, 1.54) is 6.07 Å². The Morgan fingerprint density at radius 2 is 1.94 bits per heavy atom. The summed E-state index contributed by atoms with van der Waals surface area (Å²) >= 11 is 5.94. The third-order valence-electron chi connectivity index (χ3n) is 3.48. The summed E-state index contributed by atoms with van der Waals surface area (Å²) in [6, 6.07) is 3.29. The molecule has 0 atom stereocenters. The molecular formula is C12H12ClF3O. The van der Waals surface area contributed by atoms with Gasteiger partial charge in [-0.2, -0.15) is 13.2 Å². The predicted octanol–water partition coefficient (Wildman–Crippen LogP) is 3.77. The lowest BCUT2D eigenvalue weighted by molar-refractivity contribution is -0.137. The Labute approximate surface area is 102 Å². The van der Waals surface area contributed by atoms with E-state index in [2.05, 4.69) is 0 Å². The molecule has 0 amide bonds. The highest BCUT2D eigenvalue weighted by molar-refractivity contribution is 6.31. The van der Waals surface area contributed by atoms with Gasteiger partial charge in [-0.05, 0) is 36.6 Å². The third kappa shape index (κ3) is 2.16. The number of hydrogen-bond acceptors (Lipinski definition) is 1. The molecule has 1 aromatic carbocycles. The monoisotopic (exact) mass is 264 g/mol. The maximum absolute atomic E-state index is 12.6. The summed E-state index contributed by atoms with van der Waals surface area (Å²) in [6.07, 6.45) is -2.10. The van der Waals surface area contributed by atoms with E-state index in [9.17, 15) is 18.3 Å². The van der Waals surface area contributed by atoms with E-state index in [4.69, 9.17) is 11.6 Å². The molecule has 1 fully saturated rings. The molecule has 0 radical (unpaired) electrons. The molecule has 2 rings (SSSR count). The van der Waals surface area contributed by atoms with Crippen molar-refractivity contribution in [2.45, 2.75) is 30.9 Å². The molecule has 5 heteroatoms. The zero-order chi connectivity index (χ0) is 12.7. The van der Waals surface area contributed by atoms with Crippen LogP contribution in [0.15, 0.2) is 18.2 Å². The van der Waals surface area contributed by atoms with Gasteiger partial charge in [-0.25, -0.2) is 0 Å². The molecule has 0 aromatic heterocycles. The van der Waals surface area contributed by atoms with Crippen LogP contribution < -0.4 is 0 Å². The first kappa shape index (κ1) is 12.7. The molecule has 0 unspecified atom stereocenters. The highest BCUT2D eigenvalue weighted by Crippen LogP contribution is 2.47. The Bertz CT molecular complexity index is 419. The van der Waals surface area contributed by atoms with Crippen molar-refractivity contribution < 1.29 is 18.3 Å². The number of rotatable bonds is 2. The molecule has 1 nitrogen and oxygen atoms in total. The highest BCUT2D eigenvalue weighted by atomic mass is 35.5. The molecule has 94 valence electrons. The van der Waals surface area contributed by atoms with E-state index >= 15 is 0 Å². The van der Waals surface area contributed by atoms with Crippen molar-refractivity contribution in [3.8, 4) is 0 Å². The molecule has 17 heavy (non-hydrogen) atoms. The standard InChI is InChI=1S/C12H12ClF3O/c13-10-3-2-8(12(14,15)16)6-9(10)11(7-17)4-1-5-11/h2-3,6,17H,1,4-5,7H2. The van der Waals surface area contributed by atoms with Gasteiger partial charge in [0.15, 0.2) is 0 Å². The first-order chi connectivity index (χ1) is 7.89. The van der Waals surface area contributed by atoms with Crippen LogP contribution in [0.4, 0.5) is 13.2 Å². The Balaban J connectivity index is 2.46. The molecule has 0 aliphatic heterocycles. The second-order valence-electron chi connectivity index (χ2n) is 4.48. The summed E-state index contributed by atoms with van der Waals surface area (Å²) < 4.78 is 37.8. The summed E-state index contributed by atoms with van der Waals surface area (Å²) in [5.41, 5.74) is -0.863. The molecule has 1 N–H and O–H groups in total. The number of halogens is 4. The van der Waals surface area contributed by atoms with Crippen LogP contribution in [0, 0.1) is 0 Å². The lowest BCUT2D eigenvalue weighted by Gasteiger charge is -2.41. The van der Waals surface area contributed by atoms with Crippen LogP contribution in [0.3, 0.4) is 0 Å². The Kier molecular flexibility index (Phi) is 3.12. The second kappa shape index (κ2) is 4.18. The van der Waals surface area contributed by atoms with Crippen molar-refractivity contribution in [2.24, 2.45) is 0 Å². The largest absolute Gasteiger partial charge is 0.416 e. The van der Waals surface area contributed by atoms with Gasteiger partial charge in [0, 0.05) is 10.4 Å². The first-order valence-corrected chi connectivity index (χ1v) is 5.75. The van der Waals surface area contributed by atoms with E-state index in [0.29, 0.717) is 23.4 Å². The number of aliphatic hydroxyl groups excluding tert-OH is 1. The van der Waals surface area contributed by atoms with Crippen LogP contribution in [-0.2, 0) is 11.6 Å². The van der Waals surface area contributed by atoms with Crippen molar-refractivity contribution in [1.82, 2.24) is 0 Å². The van der Waals surface area contributed by atoms with Gasteiger partial charge in [-0.1, -0.05) is 18.0 Å². The van der Waals surface area contributed by atoms with Crippen LogP contribution in [0.2, 0.25) is 5.02 Å². The SMILES string of the molecule is OCC1(c2cc(C(F)(F)F)ccc2Cl)CCC1. The smallest absolute Gasteiger partial charge is 0.395 e. The number of aliphatic hydroxyl groups is 1. The molecule has 1 aliphatic rings. The van der Waals surface area contributed by atoms with Crippen molar-refractivity contribution in [3.63, 3.8) is 0 Å². The summed E-state index contributed by atoms with van der Waals surface area (Å²) in [6.45, 7) is -0.159. The molecule has 1 aliphatic carbocycles. The van der Waals surface area contributed by atoms with E-state index in [1.54, 1.807) is 0 Å². The molecule has 1 saturated carbocycles. The minimum Gasteiger partial charge on any atom is -0.395 e. The van der Waals surface area contributed by atoms with E-state index < -0.39 is 17.2 Å². The molecule has 0 saturated heterocycles. The van der Waals surface area contributed by atoms with Crippen molar-refractivity contribution in [3.05, 3.63) is 34.3 Å². The third-order valence-corrected chi connectivity index (χ3v) is 3.81. The van der Waals surface area contributed by atoms with Gasteiger partial charge in [-0.3, -0.25) is 0 Å². The maximum atomic E-state index is 12.6. The average Bonchev–Trinajstić information content (AvgIpc) is 2.18. The lowest BCUT2D eigenvalue weighted by atomic mass is 9.65. The number of hydrogen-bond donors (Lipinski definition) is 1. The molecule has 0 heterocycles. The topological polar surface area (TPSA) is 20.2 Å². The van der Waals surface area contributed by atoms with Crippen LogP contribution in [-0.4, -0.2) is 11.7 Å². The minimum absolute atomic E-state index is 0.159. The highest BCUT2D eigenvalue weighted by Gasteiger charge is 2.41. The van der Waals surface area contributed by atoms with Gasteiger partial charge < -0.3 is 5.11 Å². The average molecular weight is 265 g/mol. The zero-order valence-corrected chi connectivity index (χ0v) is 9.78. The van der Waals surface area contributed by atoms with Gasteiger partial charge in [0.25, 0.3) is 0 Å². The summed E-state index contributed by atoms with van der Waals surface area (Å²) in [4.78, 5) is 0. The lowest BCUT2D eigenvalue weighted by Crippen LogP contribution is -2.38. The van der Waals surface area contributed by atoms with Crippen LogP contribution in [0.1, 0.15) is 30.4 Å². The van der Waals surface area contributed by atoms with Crippen LogP contribution >= 0.6 is 11.6 Å². The van der Waals surface area contributed by atoms with Crippen molar-refractivity contribution >= 4 is 11.6 Å². The van der Waals surface area contributed by atoms with Crippen LogP contribution in [0.25, 0.3) is 0 Å². The molecule has 1 aromatic rings. The minimum atomic E-state index is -4.38. The Morgan fingerprint density at radius 1 is 1.29 bits per heavy atom. The molecular weight excluding hydrogens is 253 g/mol. The summed E-state index contributed by atoms with van der Waals surface area (Å²) in [5.74, 6) is 0. The second-order valence-corrected chi connectivity index (χ2v) is 4.89. The van der Waals surface area contributed by atoms with E-state index in [-0.39, 0.29) is 6.61 Å². The van der Waals surface area contributed by atoms with Gasteiger partial charge in [0.2, 0.25) is 0 Å². The van der Waals surface area contributed by atoms with Gasteiger partial charge in [0.05, 0.1) is 12.2 Å². The quantitative estimate of drug-likeness (QED) is 0.862. The normalized spacial score (nSPS) is 18.9. The maximum Gasteiger partial charge on any atom is 0.416 e. The predicted molar refractivity (Wildman–Crippen MR) is 59.1 cm³/mol. The fourth-order valence-electron chi connectivity index (χ4n) is 2.22. The summed E-state index contributed by atoms with van der Waals surface area (Å²) in [7, 11) is 0. The first-order valence-electron chi connectivity index (χ1n) is 5.37.